The summed E-state index contributed by atoms with van der Waals surface area (Å²) in [6.07, 6.45) is 1.68. The fourth-order valence-corrected chi connectivity index (χ4v) is 3.24. The zero-order valence-electron chi connectivity index (χ0n) is 14.7. The zero-order chi connectivity index (χ0) is 17.9. The quantitative estimate of drug-likeness (QED) is 0.784. The number of aromatic nitrogens is 1. The average Bonchev–Trinajstić information content (AvgIpc) is 2.68. The molecule has 0 radical (unpaired) electrons. The summed E-state index contributed by atoms with van der Waals surface area (Å²) < 4.78 is 5.37. The van der Waals surface area contributed by atoms with Crippen molar-refractivity contribution >= 4 is 28.2 Å². The Morgan fingerprint density at radius 1 is 1.12 bits per heavy atom. The molecule has 1 aromatic heterocycles. The highest BCUT2D eigenvalue weighted by Gasteiger charge is 2.23. The molecule has 5 heteroatoms. The smallest absolute Gasteiger partial charge is 0.257 e. The Morgan fingerprint density at radius 2 is 1.92 bits per heavy atom. The molecule has 0 aliphatic carbocycles. The minimum absolute atomic E-state index is 0.0123. The molecule has 1 aliphatic rings. The van der Waals surface area contributed by atoms with Gasteiger partial charge in [-0.05, 0) is 30.7 Å². The molecule has 1 fully saturated rings. The fraction of sp³-hybridized carbons (Fsp3) is 0.238. The Hall–Kier alpha value is -2.92. The lowest BCUT2D eigenvalue weighted by molar-refractivity contribution is 0.0303. The second-order valence-corrected chi connectivity index (χ2v) is 6.46. The molecule has 2 heterocycles. The van der Waals surface area contributed by atoms with Gasteiger partial charge in [0.2, 0.25) is 0 Å². The number of anilines is 2. The van der Waals surface area contributed by atoms with Crippen molar-refractivity contribution in [1.29, 1.82) is 0 Å². The van der Waals surface area contributed by atoms with Crippen LogP contribution in [0.2, 0.25) is 0 Å². The maximum atomic E-state index is 13.1. The number of hydrogen-bond donors (Lipinski definition) is 1. The molecule has 5 nitrogen and oxygen atoms in total. The normalized spacial score (nSPS) is 14.4. The van der Waals surface area contributed by atoms with Crippen molar-refractivity contribution in [3.63, 3.8) is 0 Å². The maximum Gasteiger partial charge on any atom is 0.257 e. The van der Waals surface area contributed by atoms with Crippen LogP contribution in [0.15, 0.2) is 54.7 Å². The number of aryl methyl sites for hydroxylation is 1. The number of carbonyl (C=O) groups excluding carboxylic acids is 1. The summed E-state index contributed by atoms with van der Waals surface area (Å²) in [5.41, 5.74) is 4.37. The molecule has 0 bridgehead atoms. The first-order valence-corrected chi connectivity index (χ1v) is 8.81. The maximum absolute atomic E-state index is 13.1. The Balaban J connectivity index is 1.80. The standard InChI is InChI=1S/C21H21N3O2/c1-15-5-4-6-16(13-15)23-20-17-7-2-3-8-19(17)22-14-18(20)21(25)24-9-11-26-12-10-24/h2-8,13-14H,9-12H2,1H3,(H,22,23). The van der Waals surface area contributed by atoms with Crippen LogP contribution in [0.5, 0.6) is 0 Å². The van der Waals surface area contributed by atoms with Crippen LogP contribution in [0.25, 0.3) is 10.9 Å². The molecule has 1 aliphatic heterocycles. The van der Waals surface area contributed by atoms with Crippen molar-refractivity contribution in [2.45, 2.75) is 6.92 Å². The largest absolute Gasteiger partial charge is 0.378 e. The number of benzene rings is 2. The predicted molar refractivity (Wildman–Crippen MR) is 103 cm³/mol. The fourth-order valence-electron chi connectivity index (χ4n) is 3.24. The molecule has 2 aromatic carbocycles. The molecule has 4 rings (SSSR count). The second kappa shape index (κ2) is 7.14. The van der Waals surface area contributed by atoms with Crippen LogP contribution in [0.4, 0.5) is 11.4 Å². The summed E-state index contributed by atoms with van der Waals surface area (Å²) in [6, 6.07) is 16.0. The number of hydrogen-bond acceptors (Lipinski definition) is 4. The van der Waals surface area contributed by atoms with E-state index in [0.29, 0.717) is 31.9 Å². The molecule has 3 aromatic rings. The lowest BCUT2D eigenvalue weighted by atomic mass is 10.1. The number of morpholine rings is 1. The Morgan fingerprint density at radius 3 is 2.73 bits per heavy atom. The number of carbonyl (C=O) groups is 1. The van der Waals surface area contributed by atoms with E-state index in [1.807, 2.05) is 41.3 Å². The minimum Gasteiger partial charge on any atom is -0.378 e. The van der Waals surface area contributed by atoms with E-state index in [0.717, 1.165) is 27.8 Å². The summed E-state index contributed by atoms with van der Waals surface area (Å²) >= 11 is 0. The molecule has 0 saturated carbocycles. The zero-order valence-corrected chi connectivity index (χ0v) is 14.7. The molecule has 26 heavy (non-hydrogen) atoms. The predicted octanol–water partition coefficient (Wildman–Crippen LogP) is 3.76. The molecule has 132 valence electrons. The molecular weight excluding hydrogens is 326 g/mol. The van der Waals surface area contributed by atoms with Crippen LogP contribution in [-0.2, 0) is 4.74 Å². The van der Waals surface area contributed by atoms with Crippen molar-refractivity contribution in [1.82, 2.24) is 9.88 Å². The minimum atomic E-state index is -0.0123. The number of pyridine rings is 1. The molecule has 1 N–H and O–H groups in total. The monoisotopic (exact) mass is 347 g/mol. The van der Waals surface area contributed by atoms with Gasteiger partial charge in [-0.1, -0.05) is 30.3 Å². The van der Waals surface area contributed by atoms with Crippen molar-refractivity contribution < 1.29 is 9.53 Å². The third-order valence-corrected chi connectivity index (χ3v) is 4.59. The highest BCUT2D eigenvalue weighted by atomic mass is 16.5. The van der Waals surface area contributed by atoms with Gasteiger partial charge in [-0.25, -0.2) is 0 Å². The van der Waals surface area contributed by atoms with Gasteiger partial charge in [-0.2, -0.15) is 0 Å². The molecule has 1 saturated heterocycles. The molecule has 0 unspecified atom stereocenters. The lowest BCUT2D eigenvalue weighted by Crippen LogP contribution is -2.41. The van der Waals surface area contributed by atoms with Crippen molar-refractivity contribution in [2.24, 2.45) is 0 Å². The van der Waals surface area contributed by atoms with Gasteiger partial charge in [0.25, 0.3) is 5.91 Å². The highest BCUT2D eigenvalue weighted by molar-refractivity contribution is 6.08. The average molecular weight is 347 g/mol. The topological polar surface area (TPSA) is 54.5 Å². The van der Waals surface area contributed by atoms with Crippen LogP contribution in [0.3, 0.4) is 0 Å². The van der Waals surface area contributed by atoms with Gasteiger partial charge in [-0.15, -0.1) is 0 Å². The highest BCUT2D eigenvalue weighted by Crippen LogP contribution is 2.30. The molecule has 0 spiro atoms. The van der Waals surface area contributed by atoms with E-state index in [1.165, 1.54) is 0 Å². The molecule has 0 atom stereocenters. The summed E-state index contributed by atoms with van der Waals surface area (Å²) in [5, 5.41) is 4.40. The summed E-state index contributed by atoms with van der Waals surface area (Å²) in [7, 11) is 0. The number of para-hydroxylation sites is 1. The lowest BCUT2D eigenvalue weighted by Gasteiger charge is -2.28. The molecule has 1 amide bonds. The summed E-state index contributed by atoms with van der Waals surface area (Å²) in [4.78, 5) is 19.4. The second-order valence-electron chi connectivity index (χ2n) is 6.46. The van der Waals surface area contributed by atoms with Gasteiger partial charge in [0, 0.05) is 30.4 Å². The van der Waals surface area contributed by atoms with Gasteiger partial charge in [0.05, 0.1) is 30.0 Å². The van der Waals surface area contributed by atoms with Crippen LogP contribution in [-0.4, -0.2) is 42.1 Å². The van der Waals surface area contributed by atoms with Crippen LogP contribution in [0, 0.1) is 6.92 Å². The van der Waals surface area contributed by atoms with E-state index < -0.39 is 0 Å². The van der Waals surface area contributed by atoms with Crippen molar-refractivity contribution in [3.8, 4) is 0 Å². The van der Waals surface area contributed by atoms with E-state index in [9.17, 15) is 4.79 Å². The number of ether oxygens (including phenoxy) is 1. The van der Waals surface area contributed by atoms with Crippen molar-refractivity contribution in [3.05, 3.63) is 65.9 Å². The first-order valence-electron chi connectivity index (χ1n) is 8.81. The third-order valence-electron chi connectivity index (χ3n) is 4.59. The number of nitrogens with zero attached hydrogens (tertiary/aromatic N) is 2. The van der Waals surface area contributed by atoms with Crippen LogP contribution in [0.1, 0.15) is 15.9 Å². The summed E-state index contributed by atoms with van der Waals surface area (Å²) in [5.74, 6) is -0.0123. The van der Waals surface area contributed by atoms with E-state index in [-0.39, 0.29) is 5.91 Å². The van der Waals surface area contributed by atoms with E-state index in [4.69, 9.17) is 4.74 Å². The number of rotatable bonds is 3. The molecular formula is C21H21N3O2. The Labute approximate surface area is 152 Å². The van der Waals surface area contributed by atoms with E-state index in [1.54, 1.807) is 6.20 Å². The van der Waals surface area contributed by atoms with Crippen LogP contribution >= 0.6 is 0 Å². The Kier molecular flexibility index (Phi) is 4.54. The number of fused-ring (bicyclic) bond motifs is 1. The van der Waals surface area contributed by atoms with Gasteiger partial charge < -0.3 is 15.0 Å². The van der Waals surface area contributed by atoms with Crippen molar-refractivity contribution in [2.75, 3.05) is 31.6 Å². The van der Waals surface area contributed by atoms with Gasteiger partial charge >= 0.3 is 0 Å². The first kappa shape index (κ1) is 16.5. The summed E-state index contributed by atoms with van der Waals surface area (Å²) in [6.45, 7) is 4.42. The first-order chi connectivity index (χ1) is 12.7. The number of amides is 1. The van der Waals surface area contributed by atoms with Crippen LogP contribution < -0.4 is 5.32 Å². The SMILES string of the molecule is Cc1cccc(Nc2c(C(=O)N3CCOCC3)cnc3ccccc23)c1. The van der Waals surface area contributed by atoms with Gasteiger partial charge in [-0.3, -0.25) is 9.78 Å². The van der Waals surface area contributed by atoms with Gasteiger partial charge in [0.1, 0.15) is 0 Å². The number of nitrogens with one attached hydrogen (secondary N) is 1. The third kappa shape index (κ3) is 3.26. The van der Waals surface area contributed by atoms with E-state index in [2.05, 4.69) is 29.4 Å². The van der Waals surface area contributed by atoms with Gasteiger partial charge in [0.15, 0.2) is 0 Å². The van der Waals surface area contributed by atoms with E-state index >= 15 is 0 Å². The Bertz CT molecular complexity index is 949.